The number of hydrogen-bond acceptors (Lipinski definition) is 4. The van der Waals surface area contributed by atoms with E-state index in [1.165, 1.54) is 12.1 Å². The van der Waals surface area contributed by atoms with Crippen LogP contribution in [0.2, 0.25) is 0 Å². The van der Waals surface area contributed by atoms with Crippen molar-refractivity contribution in [1.29, 1.82) is 0 Å². The van der Waals surface area contributed by atoms with E-state index < -0.39 is 5.82 Å². The molecule has 0 spiro atoms. The van der Waals surface area contributed by atoms with Crippen molar-refractivity contribution in [2.45, 2.75) is 25.4 Å². The normalized spacial score (nSPS) is 20.9. The Labute approximate surface area is 111 Å². The second-order valence-electron chi connectivity index (χ2n) is 4.74. The highest BCUT2D eigenvalue weighted by molar-refractivity contribution is 5.98. The third-order valence-electron chi connectivity index (χ3n) is 3.54. The number of likely N-dealkylation sites (tertiary alicyclic amines) is 1. The van der Waals surface area contributed by atoms with Crippen molar-refractivity contribution in [1.82, 2.24) is 4.90 Å². The van der Waals surface area contributed by atoms with Crippen molar-refractivity contribution < 1.29 is 14.7 Å². The summed E-state index contributed by atoms with van der Waals surface area (Å²) in [5, 5.41) is 21.0. The highest BCUT2D eigenvalue weighted by atomic mass is 19.1. The van der Waals surface area contributed by atoms with E-state index in [0.29, 0.717) is 12.1 Å². The minimum Gasteiger partial charge on any atom is -0.409 e. The Morgan fingerprint density at radius 3 is 3.00 bits per heavy atom. The third kappa shape index (κ3) is 3.02. The minimum atomic E-state index is -0.425. The second kappa shape index (κ2) is 5.99. The number of rotatable bonds is 4. The maximum Gasteiger partial charge on any atom is 0.170 e. The van der Waals surface area contributed by atoms with Crippen molar-refractivity contribution in [3.05, 3.63) is 35.1 Å². The van der Waals surface area contributed by atoms with Gasteiger partial charge in [0, 0.05) is 18.2 Å². The van der Waals surface area contributed by atoms with Gasteiger partial charge in [0.2, 0.25) is 0 Å². The summed E-state index contributed by atoms with van der Waals surface area (Å²) in [7, 11) is 0. The van der Waals surface area contributed by atoms with Gasteiger partial charge in [0.1, 0.15) is 5.82 Å². The van der Waals surface area contributed by atoms with Crippen LogP contribution in [-0.4, -0.2) is 40.2 Å². The Hall–Kier alpha value is -1.66. The Kier molecular flexibility index (Phi) is 4.34. The molecule has 1 heterocycles. The first kappa shape index (κ1) is 13.8. The zero-order valence-electron chi connectivity index (χ0n) is 10.6. The van der Waals surface area contributed by atoms with Crippen molar-refractivity contribution >= 4 is 5.84 Å². The number of benzene rings is 1. The molecule has 1 fully saturated rings. The lowest BCUT2D eigenvalue weighted by atomic mass is 10.1. The molecule has 1 atom stereocenters. The summed E-state index contributed by atoms with van der Waals surface area (Å²) < 4.78 is 13.3. The molecular weight excluding hydrogens is 249 g/mol. The standard InChI is InChI=1S/C13H18FN3O2/c14-10-4-3-9(12(6-10)13(15)16-19)7-17-5-1-2-11(17)8-18/h3-4,6,11,18-19H,1-2,5,7-8H2,(H2,15,16). The molecule has 1 aliphatic heterocycles. The topological polar surface area (TPSA) is 82.1 Å². The molecule has 1 aliphatic rings. The lowest BCUT2D eigenvalue weighted by Gasteiger charge is -2.23. The van der Waals surface area contributed by atoms with E-state index in [1.54, 1.807) is 6.07 Å². The van der Waals surface area contributed by atoms with Crippen LogP contribution in [0.15, 0.2) is 23.4 Å². The molecular formula is C13H18FN3O2. The molecule has 1 aromatic rings. The lowest BCUT2D eigenvalue weighted by Crippen LogP contribution is -2.32. The largest absolute Gasteiger partial charge is 0.409 e. The van der Waals surface area contributed by atoms with Crippen molar-refractivity contribution in [2.75, 3.05) is 13.2 Å². The van der Waals surface area contributed by atoms with Crippen LogP contribution in [-0.2, 0) is 6.54 Å². The molecule has 0 aliphatic carbocycles. The molecule has 0 saturated carbocycles. The van der Waals surface area contributed by atoms with Gasteiger partial charge in [-0.3, -0.25) is 4.90 Å². The summed E-state index contributed by atoms with van der Waals surface area (Å²) in [6.07, 6.45) is 1.99. The van der Waals surface area contributed by atoms with Gasteiger partial charge in [-0.05, 0) is 37.1 Å². The summed E-state index contributed by atoms with van der Waals surface area (Å²) >= 11 is 0. The van der Waals surface area contributed by atoms with E-state index in [-0.39, 0.29) is 18.5 Å². The zero-order chi connectivity index (χ0) is 13.8. The molecule has 0 aromatic heterocycles. The SMILES string of the molecule is N/C(=N/O)c1cc(F)ccc1CN1CCCC1CO. The molecule has 4 N–H and O–H groups in total. The number of aliphatic hydroxyl groups is 1. The van der Waals surface area contributed by atoms with Gasteiger partial charge in [0.15, 0.2) is 5.84 Å². The number of nitrogens with zero attached hydrogens (tertiary/aromatic N) is 2. The van der Waals surface area contributed by atoms with Gasteiger partial charge in [0.05, 0.1) is 6.61 Å². The summed E-state index contributed by atoms with van der Waals surface area (Å²) in [4.78, 5) is 2.13. The first-order valence-electron chi connectivity index (χ1n) is 6.27. The van der Waals surface area contributed by atoms with Gasteiger partial charge in [-0.25, -0.2) is 4.39 Å². The fraction of sp³-hybridized carbons (Fsp3) is 0.462. The van der Waals surface area contributed by atoms with Crippen LogP contribution in [0.3, 0.4) is 0 Å². The average molecular weight is 267 g/mol. The van der Waals surface area contributed by atoms with Crippen LogP contribution in [0.25, 0.3) is 0 Å². The molecule has 19 heavy (non-hydrogen) atoms. The van der Waals surface area contributed by atoms with Crippen molar-refractivity contribution in [3.63, 3.8) is 0 Å². The van der Waals surface area contributed by atoms with Crippen molar-refractivity contribution in [2.24, 2.45) is 10.9 Å². The number of aliphatic hydroxyl groups excluding tert-OH is 1. The number of amidine groups is 1. The van der Waals surface area contributed by atoms with E-state index in [0.717, 1.165) is 24.9 Å². The Morgan fingerprint density at radius 1 is 1.53 bits per heavy atom. The molecule has 1 saturated heterocycles. The Bertz CT molecular complexity index is 479. The molecule has 6 heteroatoms. The third-order valence-corrected chi connectivity index (χ3v) is 3.54. The molecule has 104 valence electrons. The summed E-state index contributed by atoms with van der Waals surface area (Å²) in [5.74, 6) is -0.528. The molecule has 5 nitrogen and oxygen atoms in total. The number of nitrogens with two attached hydrogens (primary N) is 1. The first-order valence-corrected chi connectivity index (χ1v) is 6.27. The van der Waals surface area contributed by atoms with Gasteiger partial charge < -0.3 is 16.0 Å². The summed E-state index contributed by atoms with van der Waals surface area (Å²) in [6.45, 7) is 1.55. The highest BCUT2D eigenvalue weighted by Gasteiger charge is 2.24. The molecule has 0 bridgehead atoms. The van der Waals surface area contributed by atoms with E-state index in [1.807, 2.05) is 0 Å². The maximum atomic E-state index is 13.3. The van der Waals surface area contributed by atoms with E-state index in [4.69, 9.17) is 10.9 Å². The van der Waals surface area contributed by atoms with Gasteiger partial charge in [-0.2, -0.15) is 0 Å². The molecule has 0 radical (unpaired) electrons. The van der Waals surface area contributed by atoms with Crippen LogP contribution in [0.4, 0.5) is 4.39 Å². The monoisotopic (exact) mass is 267 g/mol. The van der Waals surface area contributed by atoms with Crippen LogP contribution in [0.1, 0.15) is 24.0 Å². The van der Waals surface area contributed by atoms with Crippen LogP contribution < -0.4 is 5.73 Å². The number of oxime groups is 1. The van der Waals surface area contributed by atoms with Crippen molar-refractivity contribution in [3.8, 4) is 0 Å². The quantitative estimate of drug-likeness (QED) is 0.327. The number of hydrogen-bond donors (Lipinski definition) is 3. The second-order valence-corrected chi connectivity index (χ2v) is 4.74. The highest BCUT2D eigenvalue weighted by Crippen LogP contribution is 2.21. The zero-order valence-corrected chi connectivity index (χ0v) is 10.6. The fourth-order valence-corrected chi connectivity index (χ4v) is 2.51. The fourth-order valence-electron chi connectivity index (χ4n) is 2.51. The number of halogens is 1. The van der Waals surface area contributed by atoms with Gasteiger partial charge in [0.25, 0.3) is 0 Å². The van der Waals surface area contributed by atoms with Gasteiger partial charge >= 0.3 is 0 Å². The Balaban J connectivity index is 2.24. The van der Waals surface area contributed by atoms with Crippen LogP contribution in [0.5, 0.6) is 0 Å². The summed E-state index contributed by atoms with van der Waals surface area (Å²) in [6, 6.07) is 4.38. The average Bonchev–Trinajstić information content (AvgIpc) is 2.87. The van der Waals surface area contributed by atoms with E-state index in [9.17, 15) is 9.50 Å². The smallest absolute Gasteiger partial charge is 0.170 e. The van der Waals surface area contributed by atoms with E-state index >= 15 is 0 Å². The van der Waals surface area contributed by atoms with Crippen LogP contribution >= 0.6 is 0 Å². The molecule has 1 aromatic carbocycles. The molecule has 1 unspecified atom stereocenters. The predicted molar refractivity (Wildman–Crippen MR) is 69.4 cm³/mol. The van der Waals surface area contributed by atoms with Gasteiger partial charge in [-0.1, -0.05) is 11.2 Å². The summed E-state index contributed by atoms with van der Waals surface area (Å²) in [5.41, 5.74) is 6.75. The van der Waals surface area contributed by atoms with Gasteiger partial charge in [-0.15, -0.1) is 0 Å². The lowest BCUT2D eigenvalue weighted by molar-refractivity contribution is 0.153. The predicted octanol–water partition coefficient (Wildman–Crippen LogP) is 0.877. The Morgan fingerprint density at radius 2 is 2.32 bits per heavy atom. The molecule has 0 amide bonds. The first-order chi connectivity index (χ1) is 9.15. The minimum absolute atomic E-state index is 0.103. The molecule has 2 rings (SSSR count). The maximum absolute atomic E-state index is 13.3. The van der Waals surface area contributed by atoms with E-state index in [2.05, 4.69) is 10.1 Å². The van der Waals surface area contributed by atoms with Crippen LogP contribution in [0, 0.1) is 5.82 Å².